The lowest BCUT2D eigenvalue weighted by atomic mass is 10.2. The summed E-state index contributed by atoms with van der Waals surface area (Å²) in [5, 5.41) is 20.9. The highest BCUT2D eigenvalue weighted by Crippen LogP contribution is 2.26. The van der Waals surface area contributed by atoms with Crippen molar-refractivity contribution in [2.75, 3.05) is 26.2 Å². The van der Waals surface area contributed by atoms with E-state index in [4.69, 9.17) is 4.74 Å². The summed E-state index contributed by atoms with van der Waals surface area (Å²) in [7, 11) is 0. The summed E-state index contributed by atoms with van der Waals surface area (Å²) in [4.78, 5) is 11.7. The molecule has 2 rings (SSSR count). The van der Waals surface area contributed by atoms with Gasteiger partial charge in [-0.15, -0.1) is 0 Å². The molecule has 0 heterocycles. The summed E-state index contributed by atoms with van der Waals surface area (Å²) < 4.78 is 5.49. The Labute approximate surface area is 130 Å². The Morgan fingerprint density at radius 2 is 2.27 bits per heavy atom. The van der Waals surface area contributed by atoms with Gasteiger partial charge in [-0.05, 0) is 25.3 Å². The summed E-state index contributed by atoms with van der Waals surface area (Å²) in [5.74, 6) is 1.25. The van der Waals surface area contributed by atoms with Crippen LogP contribution in [0.4, 0.5) is 5.69 Å². The summed E-state index contributed by atoms with van der Waals surface area (Å²) in [5.41, 5.74) is -0.000965. The first-order valence-corrected chi connectivity index (χ1v) is 7.97. The topological polar surface area (TPSA) is 77.0 Å². The first kappa shape index (κ1) is 16.7. The van der Waals surface area contributed by atoms with Crippen molar-refractivity contribution in [1.82, 2.24) is 0 Å². The highest BCUT2D eigenvalue weighted by atomic mass is 16.6. The molecule has 1 fully saturated rings. The minimum Gasteiger partial charge on any atom is -0.490 e. The summed E-state index contributed by atoms with van der Waals surface area (Å²) in [6, 6.07) is 6.06. The van der Waals surface area contributed by atoms with Gasteiger partial charge in [-0.2, -0.15) is 0 Å². The Morgan fingerprint density at radius 3 is 2.91 bits per heavy atom. The standard InChI is InChI=1S/C16H24N2O4/c1-2-8-17(10-13-6-7-13)11-15(19)12-22-16-5-3-4-14(9-16)18(20)21/h3-5,9,13,15,19H,2,6-8,10-12H2,1H3/p+1/t15-/m0/s1. The number of nitro benzene ring substituents is 1. The molecule has 22 heavy (non-hydrogen) atoms. The van der Waals surface area contributed by atoms with E-state index >= 15 is 0 Å². The Bertz CT molecular complexity index is 491. The third-order valence-corrected chi connectivity index (χ3v) is 3.87. The van der Waals surface area contributed by atoms with Gasteiger partial charge >= 0.3 is 0 Å². The van der Waals surface area contributed by atoms with Crippen molar-refractivity contribution in [1.29, 1.82) is 0 Å². The van der Waals surface area contributed by atoms with Gasteiger partial charge in [0.2, 0.25) is 0 Å². The predicted molar refractivity (Wildman–Crippen MR) is 83.2 cm³/mol. The van der Waals surface area contributed by atoms with E-state index in [0.717, 1.165) is 25.4 Å². The van der Waals surface area contributed by atoms with Gasteiger partial charge in [-0.1, -0.05) is 13.0 Å². The van der Waals surface area contributed by atoms with Gasteiger partial charge in [-0.3, -0.25) is 10.1 Å². The number of nitrogens with one attached hydrogen (secondary N) is 1. The SMILES string of the molecule is CCC[NH+](CC1CC1)C[C@H](O)COc1cccc([N+](=O)[O-])c1. The van der Waals surface area contributed by atoms with E-state index in [9.17, 15) is 15.2 Å². The van der Waals surface area contributed by atoms with Gasteiger partial charge in [0, 0.05) is 12.0 Å². The number of ether oxygens (including phenoxy) is 1. The van der Waals surface area contributed by atoms with Crippen molar-refractivity contribution >= 4 is 5.69 Å². The molecule has 2 N–H and O–H groups in total. The Hall–Kier alpha value is -1.66. The largest absolute Gasteiger partial charge is 0.490 e. The first-order chi connectivity index (χ1) is 10.6. The maximum absolute atomic E-state index is 10.7. The molecule has 1 aliphatic carbocycles. The van der Waals surface area contributed by atoms with Crippen LogP contribution in [0.25, 0.3) is 0 Å². The number of benzene rings is 1. The molecule has 1 unspecified atom stereocenters. The van der Waals surface area contributed by atoms with Crippen LogP contribution in [-0.2, 0) is 0 Å². The second-order valence-corrected chi connectivity index (χ2v) is 6.07. The molecular weight excluding hydrogens is 284 g/mol. The number of aliphatic hydroxyl groups is 1. The minimum absolute atomic E-state index is 0.000965. The number of aliphatic hydroxyl groups excluding tert-OH is 1. The van der Waals surface area contributed by atoms with Crippen LogP contribution in [0.3, 0.4) is 0 Å². The number of nitro groups is 1. The maximum Gasteiger partial charge on any atom is 0.273 e. The average molecular weight is 309 g/mol. The lowest BCUT2D eigenvalue weighted by molar-refractivity contribution is -0.905. The van der Waals surface area contributed by atoms with Crippen molar-refractivity contribution < 1.29 is 19.7 Å². The third kappa shape index (κ3) is 5.61. The summed E-state index contributed by atoms with van der Waals surface area (Å²) in [6.07, 6.45) is 3.17. The number of quaternary nitrogens is 1. The van der Waals surface area contributed by atoms with Crippen LogP contribution < -0.4 is 9.64 Å². The van der Waals surface area contributed by atoms with Crippen molar-refractivity contribution in [3.8, 4) is 5.75 Å². The molecular formula is C16H25N2O4+. The molecule has 0 aromatic heterocycles. The molecule has 6 nitrogen and oxygen atoms in total. The van der Waals surface area contributed by atoms with Gasteiger partial charge in [-0.25, -0.2) is 0 Å². The zero-order valence-corrected chi connectivity index (χ0v) is 13.0. The van der Waals surface area contributed by atoms with Crippen molar-refractivity contribution in [2.24, 2.45) is 5.92 Å². The number of nitrogens with zero attached hydrogens (tertiary/aromatic N) is 1. The van der Waals surface area contributed by atoms with Gasteiger partial charge in [0.25, 0.3) is 5.69 Å². The molecule has 2 atom stereocenters. The third-order valence-electron chi connectivity index (χ3n) is 3.87. The van der Waals surface area contributed by atoms with Gasteiger partial charge < -0.3 is 14.7 Å². The molecule has 0 amide bonds. The number of rotatable bonds is 10. The summed E-state index contributed by atoms with van der Waals surface area (Å²) >= 11 is 0. The highest BCUT2D eigenvalue weighted by molar-refractivity contribution is 5.37. The van der Waals surface area contributed by atoms with Crippen LogP contribution in [0.2, 0.25) is 0 Å². The van der Waals surface area contributed by atoms with Crippen molar-refractivity contribution in [3.63, 3.8) is 0 Å². The van der Waals surface area contributed by atoms with Gasteiger partial charge in [0.05, 0.1) is 24.1 Å². The first-order valence-electron chi connectivity index (χ1n) is 7.97. The fraction of sp³-hybridized carbons (Fsp3) is 0.625. The smallest absolute Gasteiger partial charge is 0.273 e. The molecule has 1 aromatic carbocycles. The molecule has 1 aliphatic rings. The zero-order valence-electron chi connectivity index (χ0n) is 13.0. The summed E-state index contributed by atoms with van der Waals surface area (Å²) in [6.45, 7) is 5.17. The van der Waals surface area contributed by atoms with Crippen LogP contribution in [-0.4, -0.2) is 42.4 Å². The van der Waals surface area contributed by atoms with E-state index in [0.29, 0.717) is 12.3 Å². The van der Waals surface area contributed by atoms with E-state index < -0.39 is 11.0 Å². The van der Waals surface area contributed by atoms with Gasteiger partial charge in [0.1, 0.15) is 25.0 Å². The van der Waals surface area contributed by atoms with Crippen LogP contribution in [0.1, 0.15) is 26.2 Å². The number of non-ortho nitro benzene ring substituents is 1. The van der Waals surface area contributed by atoms with Crippen LogP contribution >= 0.6 is 0 Å². The normalized spacial score (nSPS) is 17.0. The molecule has 1 saturated carbocycles. The highest BCUT2D eigenvalue weighted by Gasteiger charge is 2.27. The van der Waals surface area contributed by atoms with Crippen LogP contribution in [0, 0.1) is 16.0 Å². The molecule has 0 aliphatic heterocycles. The van der Waals surface area contributed by atoms with Crippen LogP contribution in [0.15, 0.2) is 24.3 Å². The fourth-order valence-electron chi connectivity index (χ4n) is 2.64. The monoisotopic (exact) mass is 309 g/mol. The molecule has 0 bridgehead atoms. The molecule has 0 radical (unpaired) electrons. The van der Waals surface area contributed by atoms with E-state index in [1.807, 2.05) is 0 Å². The molecule has 0 saturated heterocycles. The zero-order chi connectivity index (χ0) is 15.9. The van der Waals surface area contributed by atoms with E-state index in [1.165, 1.54) is 29.9 Å². The average Bonchev–Trinajstić information content (AvgIpc) is 3.29. The van der Waals surface area contributed by atoms with E-state index in [2.05, 4.69) is 6.92 Å². The Balaban J connectivity index is 1.79. The van der Waals surface area contributed by atoms with E-state index in [1.54, 1.807) is 12.1 Å². The maximum atomic E-state index is 10.7. The Morgan fingerprint density at radius 1 is 1.50 bits per heavy atom. The van der Waals surface area contributed by atoms with Crippen LogP contribution in [0.5, 0.6) is 5.75 Å². The quantitative estimate of drug-likeness (QED) is 0.500. The minimum atomic E-state index is -0.556. The second-order valence-electron chi connectivity index (χ2n) is 6.07. The lowest BCUT2D eigenvalue weighted by Crippen LogP contribution is -3.13. The lowest BCUT2D eigenvalue weighted by Gasteiger charge is -2.22. The van der Waals surface area contributed by atoms with Crippen molar-refractivity contribution in [2.45, 2.75) is 32.3 Å². The Kier molecular flexibility index (Phi) is 6.15. The molecule has 0 spiro atoms. The molecule has 122 valence electrons. The predicted octanol–water partition coefficient (Wildman–Crippen LogP) is 1.04. The fourth-order valence-corrected chi connectivity index (χ4v) is 2.64. The van der Waals surface area contributed by atoms with Crippen molar-refractivity contribution in [3.05, 3.63) is 34.4 Å². The second kappa shape index (κ2) is 8.10. The molecule has 6 heteroatoms. The molecule has 1 aromatic rings. The van der Waals surface area contributed by atoms with E-state index in [-0.39, 0.29) is 12.3 Å². The number of hydrogen-bond acceptors (Lipinski definition) is 4. The number of hydrogen-bond donors (Lipinski definition) is 2. The van der Waals surface area contributed by atoms with Gasteiger partial charge in [0.15, 0.2) is 0 Å².